The average molecular weight is 543 g/mol. The Hall–Kier alpha value is -4.32. The molecule has 0 saturated heterocycles. The molecule has 0 aliphatic rings. The number of hydrogen-bond acceptors (Lipinski definition) is 6. The van der Waals surface area contributed by atoms with Gasteiger partial charge in [0, 0.05) is 37.7 Å². The predicted octanol–water partition coefficient (Wildman–Crippen LogP) is 2.89. The van der Waals surface area contributed by atoms with E-state index in [1.54, 1.807) is 36.4 Å². The fourth-order valence-electron chi connectivity index (χ4n) is 3.91. The zero-order chi connectivity index (χ0) is 27.9. The van der Waals surface area contributed by atoms with Gasteiger partial charge in [-0.3, -0.25) is 24.0 Å². The van der Waals surface area contributed by atoms with E-state index in [-0.39, 0.29) is 29.9 Å². The number of sulfonamides is 1. The Morgan fingerprint density at radius 1 is 1.03 bits per heavy atom. The number of nitrogens with zero attached hydrogens (tertiary/aromatic N) is 3. The summed E-state index contributed by atoms with van der Waals surface area (Å²) in [6, 6.07) is 18.4. The number of nitro benzene ring substituents is 1. The third-order valence-electron chi connectivity index (χ3n) is 5.82. The number of rotatable bonds is 11. The molecule has 0 heterocycles. The minimum atomic E-state index is -4.09. The van der Waals surface area contributed by atoms with E-state index in [1.165, 1.54) is 43.4 Å². The van der Waals surface area contributed by atoms with Crippen molar-refractivity contribution in [2.75, 3.05) is 24.2 Å². The van der Waals surface area contributed by atoms with Crippen molar-refractivity contribution in [3.63, 3.8) is 0 Å². The van der Waals surface area contributed by atoms with Crippen LogP contribution in [0.4, 0.5) is 15.8 Å². The highest BCUT2D eigenvalue weighted by Gasteiger charge is 2.33. The topological polar surface area (TPSA) is 130 Å². The van der Waals surface area contributed by atoms with Crippen molar-refractivity contribution < 1.29 is 27.3 Å². The standard InChI is InChI=1S/C26H27FN4O6S/c1-28-26(33)24(15-19-9-4-3-5-10-19)29(17-20-11-6-7-14-23(20)27)25(32)18-30(38(2,36)37)21-12-8-13-22(16-21)31(34)35/h3-14,16,24H,15,17-18H2,1-2H3,(H,28,33). The van der Waals surface area contributed by atoms with Gasteiger partial charge in [0.15, 0.2) is 0 Å². The number of amides is 2. The van der Waals surface area contributed by atoms with Crippen molar-refractivity contribution in [3.8, 4) is 0 Å². The second-order valence-corrected chi connectivity index (χ2v) is 10.4. The molecule has 0 spiro atoms. The number of carbonyl (C=O) groups is 2. The zero-order valence-corrected chi connectivity index (χ0v) is 21.6. The highest BCUT2D eigenvalue weighted by Crippen LogP contribution is 2.24. The Labute approximate surface area is 219 Å². The number of carbonyl (C=O) groups excluding carboxylic acids is 2. The summed E-state index contributed by atoms with van der Waals surface area (Å²) < 4.78 is 40.7. The van der Waals surface area contributed by atoms with Crippen molar-refractivity contribution >= 4 is 33.2 Å². The molecule has 38 heavy (non-hydrogen) atoms. The SMILES string of the molecule is CNC(=O)C(Cc1ccccc1)N(Cc1ccccc1F)C(=O)CN(c1cccc([N+](=O)[O-])c1)S(C)(=O)=O. The van der Waals surface area contributed by atoms with E-state index in [1.807, 2.05) is 0 Å². The first-order chi connectivity index (χ1) is 18.0. The van der Waals surface area contributed by atoms with Gasteiger partial charge in [-0.05, 0) is 17.7 Å². The molecule has 0 aliphatic heterocycles. The lowest BCUT2D eigenvalue weighted by Crippen LogP contribution is -2.53. The number of halogens is 1. The molecule has 0 aromatic heterocycles. The second-order valence-electron chi connectivity index (χ2n) is 8.48. The molecule has 3 rings (SSSR count). The van der Waals surface area contributed by atoms with E-state index in [0.717, 1.165) is 27.1 Å². The molecule has 1 unspecified atom stereocenters. The van der Waals surface area contributed by atoms with Crippen LogP contribution in [0.2, 0.25) is 0 Å². The summed E-state index contributed by atoms with van der Waals surface area (Å²) in [6.45, 7) is -1.08. The van der Waals surface area contributed by atoms with Gasteiger partial charge in [-0.15, -0.1) is 0 Å². The molecule has 0 saturated carbocycles. The second kappa shape index (κ2) is 12.3. The van der Waals surface area contributed by atoms with Gasteiger partial charge in [0.05, 0.1) is 16.9 Å². The van der Waals surface area contributed by atoms with Gasteiger partial charge in [-0.2, -0.15) is 0 Å². The van der Waals surface area contributed by atoms with Crippen molar-refractivity contribution in [1.82, 2.24) is 10.2 Å². The smallest absolute Gasteiger partial charge is 0.271 e. The van der Waals surface area contributed by atoms with Gasteiger partial charge >= 0.3 is 0 Å². The molecule has 12 heteroatoms. The Balaban J connectivity index is 2.05. The summed E-state index contributed by atoms with van der Waals surface area (Å²) in [5.74, 6) is -1.92. The maximum absolute atomic E-state index is 14.6. The van der Waals surface area contributed by atoms with E-state index in [4.69, 9.17) is 0 Å². The molecular formula is C26H27FN4O6S. The van der Waals surface area contributed by atoms with Crippen LogP contribution in [-0.4, -0.2) is 55.9 Å². The summed E-state index contributed by atoms with van der Waals surface area (Å²) >= 11 is 0. The van der Waals surface area contributed by atoms with Crippen LogP contribution in [0.1, 0.15) is 11.1 Å². The van der Waals surface area contributed by atoms with Gasteiger partial charge in [0.1, 0.15) is 18.4 Å². The fourth-order valence-corrected chi connectivity index (χ4v) is 4.75. The van der Waals surface area contributed by atoms with Crippen molar-refractivity contribution in [3.05, 3.63) is 106 Å². The van der Waals surface area contributed by atoms with Gasteiger partial charge in [0.2, 0.25) is 21.8 Å². The molecule has 10 nitrogen and oxygen atoms in total. The largest absolute Gasteiger partial charge is 0.357 e. The first kappa shape index (κ1) is 28.3. The molecule has 3 aromatic rings. The van der Waals surface area contributed by atoms with Gasteiger partial charge in [0.25, 0.3) is 5.69 Å². The van der Waals surface area contributed by atoms with E-state index in [2.05, 4.69) is 5.32 Å². The number of non-ortho nitro benzene ring substituents is 1. The molecule has 0 aliphatic carbocycles. The average Bonchev–Trinajstić information content (AvgIpc) is 2.89. The third-order valence-corrected chi connectivity index (χ3v) is 6.96. The number of nitrogens with one attached hydrogen (secondary N) is 1. The number of likely N-dealkylation sites (N-methyl/N-ethyl adjacent to an activating group) is 1. The quantitative estimate of drug-likeness (QED) is 0.293. The Morgan fingerprint density at radius 3 is 2.29 bits per heavy atom. The molecule has 0 bridgehead atoms. The zero-order valence-electron chi connectivity index (χ0n) is 20.8. The highest BCUT2D eigenvalue weighted by atomic mass is 32.2. The van der Waals surface area contributed by atoms with E-state index >= 15 is 0 Å². The number of anilines is 1. The predicted molar refractivity (Wildman–Crippen MR) is 140 cm³/mol. The monoisotopic (exact) mass is 542 g/mol. The van der Waals surface area contributed by atoms with Gasteiger partial charge < -0.3 is 10.2 Å². The normalized spacial score (nSPS) is 11.9. The van der Waals surface area contributed by atoms with Crippen LogP contribution in [0, 0.1) is 15.9 Å². The number of nitro groups is 1. The van der Waals surface area contributed by atoms with Crippen LogP contribution in [-0.2, 0) is 32.6 Å². The van der Waals surface area contributed by atoms with E-state index < -0.39 is 45.2 Å². The summed E-state index contributed by atoms with van der Waals surface area (Å²) in [4.78, 5) is 38.4. The minimum absolute atomic E-state index is 0.0798. The Kier molecular flexibility index (Phi) is 9.13. The maximum Gasteiger partial charge on any atom is 0.271 e. The molecular weight excluding hydrogens is 515 g/mol. The van der Waals surface area contributed by atoms with Gasteiger partial charge in [-0.25, -0.2) is 12.8 Å². The number of benzene rings is 3. The van der Waals surface area contributed by atoms with E-state index in [0.29, 0.717) is 0 Å². The Bertz CT molecular complexity index is 1420. The fraction of sp³-hybridized carbons (Fsp3) is 0.231. The summed E-state index contributed by atoms with van der Waals surface area (Å²) in [5.41, 5.74) is 0.398. The summed E-state index contributed by atoms with van der Waals surface area (Å²) in [7, 11) is -2.69. The molecule has 3 aromatic carbocycles. The van der Waals surface area contributed by atoms with Crippen LogP contribution < -0.4 is 9.62 Å². The molecule has 200 valence electrons. The molecule has 0 fully saturated rings. The lowest BCUT2D eigenvalue weighted by atomic mass is 10.0. The first-order valence-electron chi connectivity index (χ1n) is 11.5. The highest BCUT2D eigenvalue weighted by molar-refractivity contribution is 7.92. The third kappa shape index (κ3) is 7.13. The number of hydrogen-bond donors (Lipinski definition) is 1. The van der Waals surface area contributed by atoms with Gasteiger partial charge in [-0.1, -0.05) is 54.6 Å². The summed E-state index contributed by atoms with van der Waals surface area (Å²) in [6.07, 6.45) is 0.941. The van der Waals surface area contributed by atoms with Crippen LogP contribution >= 0.6 is 0 Å². The minimum Gasteiger partial charge on any atom is -0.357 e. The van der Waals surface area contributed by atoms with E-state index in [9.17, 15) is 32.5 Å². The van der Waals surface area contributed by atoms with Crippen molar-refractivity contribution in [2.45, 2.75) is 19.0 Å². The summed E-state index contributed by atoms with van der Waals surface area (Å²) in [5, 5.41) is 13.8. The molecule has 2 amide bonds. The van der Waals surface area contributed by atoms with Crippen LogP contribution in [0.25, 0.3) is 0 Å². The van der Waals surface area contributed by atoms with Crippen LogP contribution in [0.3, 0.4) is 0 Å². The lowest BCUT2D eigenvalue weighted by molar-refractivity contribution is -0.384. The molecule has 0 radical (unpaired) electrons. The van der Waals surface area contributed by atoms with Crippen molar-refractivity contribution in [2.24, 2.45) is 0 Å². The Morgan fingerprint density at radius 2 is 1.68 bits per heavy atom. The van der Waals surface area contributed by atoms with Crippen molar-refractivity contribution in [1.29, 1.82) is 0 Å². The first-order valence-corrected chi connectivity index (χ1v) is 13.4. The lowest BCUT2D eigenvalue weighted by Gasteiger charge is -2.33. The maximum atomic E-state index is 14.6. The van der Waals surface area contributed by atoms with Crippen LogP contribution in [0.15, 0.2) is 78.9 Å². The van der Waals surface area contributed by atoms with Crippen LogP contribution in [0.5, 0.6) is 0 Å². The molecule has 1 atom stereocenters. The molecule has 1 N–H and O–H groups in total.